The zero-order valence-electron chi connectivity index (χ0n) is 10.2. The largest absolute Gasteiger partial charge is 0.491 e. The third-order valence-electron chi connectivity index (χ3n) is 2.82. The molecule has 0 amide bonds. The van der Waals surface area contributed by atoms with Crippen molar-refractivity contribution < 1.29 is 4.74 Å². The first-order chi connectivity index (χ1) is 8.31. The summed E-state index contributed by atoms with van der Waals surface area (Å²) in [4.78, 5) is 0. The van der Waals surface area contributed by atoms with Crippen molar-refractivity contribution in [1.29, 1.82) is 0 Å². The average molecular weight is 252 g/mol. The van der Waals surface area contributed by atoms with E-state index in [1.807, 2.05) is 30.0 Å². The lowest BCUT2D eigenvalue weighted by Gasteiger charge is -2.17. The Morgan fingerprint density at radius 2 is 2.41 bits per heavy atom. The van der Waals surface area contributed by atoms with E-state index in [0.29, 0.717) is 12.6 Å². The van der Waals surface area contributed by atoms with Crippen molar-refractivity contribution in [2.45, 2.75) is 25.8 Å². The number of ether oxygens (including phenoxy) is 1. The van der Waals surface area contributed by atoms with Gasteiger partial charge >= 0.3 is 0 Å². The second-order valence-electron chi connectivity index (χ2n) is 4.27. The van der Waals surface area contributed by atoms with Crippen molar-refractivity contribution in [3.05, 3.63) is 18.2 Å². The van der Waals surface area contributed by atoms with Crippen LogP contribution in [0.15, 0.2) is 18.2 Å². The molecule has 0 radical (unpaired) electrons. The minimum absolute atomic E-state index is 0.545. The Balaban J connectivity index is 2.05. The van der Waals surface area contributed by atoms with E-state index < -0.39 is 0 Å². The molecule has 17 heavy (non-hydrogen) atoms. The van der Waals surface area contributed by atoms with Crippen molar-refractivity contribution >= 4 is 23.1 Å². The number of hydrogen-bond acceptors (Lipinski definition) is 4. The van der Waals surface area contributed by atoms with E-state index in [2.05, 4.69) is 12.2 Å². The van der Waals surface area contributed by atoms with Gasteiger partial charge in [0.2, 0.25) is 0 Å². The van der Waals surface area contributed by atoms with Gasteiger partial charge in [-0.3, -0.25) is 0 Å². The van der Waals surface area contributed by atoms with Crippen LogP contribution >= 0.6 is 11.8 Å². The maximum absolute atomic E-state index is 6.11. The van der Waals surface area contributed by atoms with Gasteiger partial charge in [-0.25, -0.2) is 0 Å². The molecule has 1 heterocycles. The predicted octanol–water partition coefficient (Wildman–Crippen LogP) is 2.98. The van der Waals surface area contributed by atoms with Gasteiger partial charge in [0.25, 0.3) is 0 Å². The van der Waals surface area contributed by atoms with E-state index >= 15 is 0 Å². The van der Waals surface area contributed by atoms with E-state index in [1.54, 1.807) is 0 Å². The number of anilines is 2. The van der Waals surface area contributed by atoms with Crippen LogP contribution < -0.4 is 15.8 Å². The summed E-state index contributed by atoms with van der Waals surface area (Å²) in [7, 11) is 0. The Hall–Kier alpha value is -1.03. The van der Waals surface area contributed by atoms with E-state index in [4.69, 9.17) is 10.5 Å². The SMILES string of the molecule is CCCOc1cccc(NC2CCSC2)c1N. The van der Waals surface area contributed by atoms with Crippen LogP contribution in [0.1, 0.15) is 19.8 Å². The van der Waals surface area contributed by atoms with Crippen LogP contribution in [-0.2, 0) is 0 Å². The monoisotopic (exact) mass is 252 g/mol. The van der Waals surface area contributed by atoms with Crippen molar-refractivity contribution in [3.63, 3.8) is 0 Å². The number of nitrogens with two attached hydrogens (primary N) is 1. The van der Waals surface area contributed by atoms with E-state index in [-0.39, 0.29) is 0 Å². The van der Waals surface area contributed by atoms with Crippen molar-refractivity contribution in [3.8, 4) is 5.75 Å². The number of para-hydroxylation sites is 1. The number of nitrogen functional groups attached to an aromatic ring is 1. The first kappa shape index (κ1) is 12.4. The van der Waals surface area contributed by atoms with Crippen LogP contribution in [-0.4, -0.2) is 24.2 Å². The van der Waals surface area contributed by atoms with Crippen LogP contribution in [0.25, 0.3) is 0 Å². The smallest absolute Gasteiger partial charge is 0.144 e. The summed E-state index contributed by atoms with van der Waals surface area (Å²) in [6.45, 7) is 2.81. The fourth-order valence-corrected chi connectivity index (χ4v) is 3.03. The summed E-state index contributed by atoms with van der Waals surface area (Å²) in [6, 6.07) is 6.49. The van der Waals surface area contributed by atoms with Gasteiger partial charge in [-0.05, 0) is 30.7 Å². The third-order valence-corrected chi connectivity index (χ3v) is 3.98. The Morgan fingerprint density at radius 3 is 3.12 bits per heavy atom. The quantitative estimate of drug-likeness (QED) is 0.791. The standard InChI is InChI=1S/C13H20N2OS/c1-2-7-16-12-5-3-4-11(13(12)14)15-10-6-8-17-9-10/h3-5,10,15H,2,6-9,14H2,1H3. The maximum atomic E-state index is 6.11. The van der Waals surface area contributed by atoms with Crippen molar-refractivity contribution in [2.24, 2.45) is 0 Å². The summed E-state index contributed by atoms with van der Waals surface area (Å²) in [5, 5.41) is 3.50. The Bertz CT molecular complexity index is 364. The highest BCUT2D eigenvalue weighted by Crippen LogP contribution is 2.31. The second kappa shape index (κ2) is 6.05. The lowest BCUT2D eigenvalue weighted by Crippen LogP contribution is -2.19. The first-order valence-corrected chi connectivity index (χ1v) is 7.32. The molecule has 1 atom stereocenters. The maximum Gasteiger partial charge on any atom is 0.144 e. The van der Waals surface area contributed by atoms with Crippen LogP contribution in [0.2, 0.25) is 0 Å². The van der Waals surface area contributed by atoms with Gasteiger partial charge in [-0.1, -0.05) is 13.0 Å². The molecule has 94 valence electrons. The Kier molecular flexibility index (Phi) is 4.42. The normalized spacial score (nSPS) is 19.2. The molecular weight excluding hydrogens is 232 g/mol. The van der Waals surface area contributed by atoms with Gasteiger partial charge in [0.1, 0.15) is 5.75 Å². The summed E-state index contributed by atoms with van der Waals surface area (Å²) < 4.78 is 5.62. The van der Waals surface area contributed by atoms with Crippen LogP contribution in [0.4, 0.5) is 11.4 Å². The number of hydrogen-bond donors (Lipinski definition) is 2. The molecule has 2 rings (SSSR count). The molecule has 0 aromatic heterocycles. The summed E-state index contributed by atoms with van der Waals surface area (Å²) in [6.07, 6.45) is 2.21. The van der Waals surface area contributed by atoms with E-state index in [0.717, 1.165) is 23.5 Å². The molecule has 1 aliphatic rings. The molecule has 1 aromatic carbocycles. The molecule has 3 nitrogen and oxygen atoms in total. The average Bonchev–Trinajstić information content (AvgIpc) is 2.83. The first-order valence-electron chi connectivity index (χ1n) is 6.17. The minimum atomic E-state index is 0.545. The van der Waals surface area contributed by atoms with Gasteiger partial charge in [0.15, 0.2) is 0 Å². The number of nitrogens with one attached hydrogen (secondary N) is 1. The summed E-state index contributed by atoms with van der Waals surface area (Å²) >= 11 is 1.99. The molecule has 1 saturated heterocycles. The zero-order valence-corrected chi connectivity index (χ0v) is 11.1. The predicted molar refractivity (Wildman–Crippen MR) is 76.0 cm³/mol. The van der Waals surface area contributed by atoms with Gasteiger partial charge in [-0.2, -0.15) is 11.8 Å². The summed E-state index contributed by atoms with van der Waals surface area (Å²) in [5.74, 6) is 3.20. The van der Waals surface area contributed by atoms with E-state index in [1.165, 1.54) is 17.9 Å². The highest BCUT2D eigenvalue weighted by molar-refractivity contribution is 7.99. The fraction of sp³-hybridized carbons (Fsp3) is 0.538. The lowest BCUT2D eigenvalue weighted by molar-refractivity contribution is 0.319. The second-order valence-corrected chi connectivity index (χ2v) is 5.42. The molecular formula is C13H20N2OS. The number of benzene rings is 1. The molecule has 1 fully saturated rings. The lowest BCUT2D eigenvalue weighted by atomic mass is 10.2. The highest BCUT2D eigenvalue weighted by atomic mass is 32.2. The molecule has 4 heteroatoms. The van der Waals surface area contributed by atoms with Crippen LogP contribution in [0.5, 0.6) is 5.75 Å². The minimum Gasteiger partial charge on any atom is -0.491 e. The molecule has 3 N–H and O–H groups in total. The molecule has 0 spiro atoms. The van der Waals surface area contributed by atoms with Crippen molar-refractivity contribution in [1.82, 2.24) is 0 Å². The molecule has 0 bridgehead atoms. The molecule has 1 aliphatic heterocycles. The third kappa shape index (κ3) is 3.22. The van der Waals surface area contributed by atoms with Crippen LogP contribution in [0, 0.1) is 0 Å². The van der Waals surface area contributed by atoms with Crippen LogP contribution in [0.3, 0.4) is 0 Å². The van der Waals surface area contributed by atoms with Crippen molar-refractivity contribution in [2.75, 3.05) is 29.2 Å². The molecule has 0 saturated carbocycles. The van der Waals surface area contributed by atoms with Gasteiger partial charge < -0.3 is 15.8 Å². The Labute approximate surface area is 107 Å². The van der Waals surface area contributed by atoms with E-state index in [9.17, 15) is 0 Å². The van der Waals surface area contributed by atoms with Gasteiger partial charge in [-0.15, -0.1) is 0 Å². The fourth-order valence-electron chi connectivity index (χ4n) is 1.88. The summed E-state index contributed by atoms with van der Waals surface area (Å²) in [5.41, 5.74) is 7.85. The topological polar surface area (TPSA) is 47.3 Å². The highest BCUT2D eigenvalue weighted by Gasteiger charge is 2.16. The Morgan fingerprint density at radius 1 is 1.53 bits per heavy atom. The zero-order chi connectivity index (χ0) is 12.1. The van der Waals surface area contributed by atoms with Gasteiger partial charge in [0, 0.05) is 11.8 Å². The van der Waals surface area contributed by atoms with Gasteiger partial charge in [0.05, 0.1) is 18.0 Å². The molecule has 1 unspecified atom stereocenters. The molecule has 1 aromatic rings. The number of rotatable bonds is 5. The molecule has 0 aliphatic carbocycles. The number of thioether (sulfide) groups is 1.